The lowest BCUT2D eigenvalue weighted by Crippen LogP contribution is -2.44. The van der Waals surface area contributed by atoms with Crippen LogP contribution in [-0.2, 0) is 4.79 Å². The first kappa shape index (κ1) is 29.1. The van der Waals surface area contributed by atoms with Gasteiger partial charge in [-0.2, -0.15) is 0 Å². The number of carbonyl (C=O) groups excluding carboxylic acids is 1. The fraction of sp³-hybridized carbons (Fsp3) is 0.242. The predicted octanol–water partition coefficient (Wildman–Crippen LogP) is 6.13. The van der Waals surface area contributed by atoms with Gasteiger partial charge in [0.2, 0.25) is 5.91 Å². The number of aromatic nitrogens is 2. The zero-order chi connectivity index (χ0) is 30.0. The predicted molar refractivity (Wildman–Crippen MR) is 176 cm³/mol. The molecule has 2 aromatic carbocycles. The van der Waals surface area contributed by atoms with Crippen LogP contribution in [0.2, 0.25) is 5.02 Å². The first-order chi connectivity index (χ1) is 20.2. The number of amides is 1. The fourth-order valence-electron chi connectivity index (χ4n) is 5.32. The molecule has 0 saturated carbocycles. The maximum Gasteiger partial charge on any atom is 0.247 e. The number of fused-ring (bicyclic) bond motifs is 1. The molecule has 0 radical (unpaired) electrons. The molecule has 2 aromatic heterocycles. The van der Waals surface area contributed by atoms with Crippen molar-refractivity contribution in [1.29, 1.82) is 0 Å². The smallest absolute Gasteiger partial charge is 0.247 e. The van der Waals surface area contributed by atoms with Crippen LogP contribution in [0, 0.1) is 6.92 Å². The number of rotatable bonds is 7. The van der Waals surface area contributed by atoms with Gasteiger partial charge in [0.25, 0.3) is 0 Å². The average molecular weight is 582 g/mol. The van der Waals surface area contributed by atoms with Crippen LogP contribution in [0.4, 0.5) is 11.4 Å². The molecule has 3 heterocycles. The van der Waals surface area contributed by atoms with Crippen molar-refractivity contribution >= 4 is 51.7 Å². The number of anilines is 2. The molecule has 0 spiro atoms. The lowest BCUT2D eigenvalue weighted by molar-refractivity contribution is -0.111. The van der Waals surface area contributed by atoms with Crippen LogP contribution in [0.15, 0.2) is 72.0 Å². The highest BCUT2D eigenvalue weighted by molar-refractivity contribution is 6.39. The van der Waals surface area contributed by atoms with Crippen molar-refractivity contribution in [2.75, 3.05) is 50.5 Å². The first-order valence-electron chi connectivity index (χ1n) is 13.9. The quantitative estimate of drug-likeness (QED) is 0.180. The summed E-state index contributed by atoms with van der Waals surface area (Å²) in [7, 11) is 3.85. The van der Waals surface area contributed by atoms with Crippen molar-refractivity contribution in [3.8, 4) is 22.4 Å². The van der Waals surface area contributed by atoms with Gasteiger partial charge in [-0.15, -0.1) is 0 Å². The zero-order valence-corrected chi connectivity index (χ0v) is 25.2. The summed E-state index contributed by atoms with van der Waals surface area (Å²) in [5.74, 6) is -0.275. The molecule has 0 bridgehead atoms. The number of allylic oxidation sites excluding steroid dienone is 2. The number of H-pyrrole nitrogens is 1. The number of likely N-dealkylation sites (N-methyl/N-ethyl adjacent to an activating group) is 1. The van der Waals surface area contributed by atoms with Crippen LogP contribution in [0.1, 0.15) is 18.1 Å². The summed E-state index contributed by atoms with van der Waals surface area (Å²) < 4.78 is 0. The molecule has 0 atom stereocenters. The average Bonchev–Trinajstić information content (AvgIpc) is 3.38. The number of aromatic amines is 1. The van der Waals surface area contributed by atoms with Crippen molar-refractivity contribution in [3.63, 3.8) is 0 Å². The van der Waals surface area contributed by atoms with E-state index in [4.69, 9.17) is 22.3 Å². The maximum atomic E-state index is 12.2. The van der Waals surface area contributed by atoms with Gasteiger partial charge in [0.15, 0.2) is 0 Å². The molecule has 0 aliphatic carbocycles. The lowest BCUT2D eigenvalue weighted by Gasteiger charge is -2.34. The standard InChI is InChI=1S/C33H36ClN7O/c1-6-28(42)38-27-17-23(8-7-20(27)2)29-30-31(34)26(25(18-36-4)21(3)35)19-37-33(30)39-32(29)22-9-11-24(12-10-22)41-15-13-40(5)14-16-41/h6-12,17-19H,1,13-16,35H2,2-5H3,(H,37,39)(H,38,42)/b25-21+,36-18?. The second-order valence-electron chi connectivity index (χ2n) is 10.6. The number of nitrogens with zero attached hydrogens (tertiary/aromatic N) is 4. The monoisotopic (exact) mass is 581 g/mol. The van der Waals surface area contributed by atoms with E-state index in [9.17, 15) is 4.79 Å². The Morgan fingerprint density at radius 3 is 2.48 bits per heavy atom. The Bertz CT molecular complexity index is 1710. The molecule has 216 valence electrons. The summed E-state index contributed by atoms with van der Waals surface area (Å²) in [5.41, 5.74) is 15.3. The van der Waals surface area contributed by atoms with Crippen LogP contribution in [0.25, 0.3) is 39.0 Å². The highest BCUT2D eigenvalue weighted by atomic mass is 35.5. The third-order valence-electron chi connectivity index (χ3n) is 7.73. The van der Waals surface area contributed by atoms with Crippen LogP contribution >= 0.6 is 11.6 Å². The number of carbonyl (C=O) groups is 1. The van der Waals surface area contributed by atoms with Gasteiger partial charge in [-0.25, -0.2) is 4.98 Å². The SMILES string of the molecule is C=CC(=O)Nc1cc(-c2c(-c3ccc(N4CCN(C)CC4)cc3)[nH]c3ncc(/C(C=NC)=C(\C)N)c(Cl)c23)ccc1C. The van der Waals surface area contributed by atoms with E-state index in [1.165, 1.54) is 11.8 Å². The normalized spacial score (nSPS) is 14.8. The zero-order valence-electron chi connectivity index (χ0n) is 24.5. The second-order valence-corrected chi connectivity index (χ2v) is 11.0. The Morgan fingerprint density at radius 2 is 1.83 bits per heavy atom. The molecule has 0 unspecified atom stereocenters. The number of nitrogens with one attached hydrogen (secondary N) is 2. The number of pyridine rings is 1. The summed E-state index contributed by atoms with van der Waals surface area (Å²) in [6.07, 6.45) is 4.68. The number of nitrogens with two attached hydrogens (primary N) is 1. The Morgan fingerprint density at radius 1 is 1.14 bits per heavy atom. The largest absolute Gasteiger partial charge is 0.402 e. The van der Waals surface area contributed by atoms with Gasteiger partial charge in [-0.05, 0) is 61.9 Å². The molecule has 4 N–H and O–H groups in total. The Balaban J connectivity index is 1.71. The summed E-state index contributed by atoms with van der Waals surface area (Å²) in [4.78, 5) is 29.5. The van der Waals surface area contributed by atoms with Gasteiger partial charge in [-0.3, -0.25) is 9.79 Å². The van der Waals surface area contributed by atoms with E-state index in [0.717, 1.165) is 59.5 Å². The highest BCUT2D eigenvalue weighted by Crippen LogP contribution is 2.44. The molecule has 1 amide bonds. The van der Waals surface area contributed by atoms with Crippen LogP contribution in [0.3, 0.4) is 0 Å². The summed E-state index contributed by atoms with van der Waals surface area (Å²) >= 11 is 7.18. The Labute approximate surface area is 251 Å². The van der Waals surface area contributed by atoms with Crippen LogP contribution < -0.4 is 16.0 Å². The van der Waals surface area contributed by atoms with Gasteiger partial charge in [0.05, 0.1) is 10.7 Å². The number of benzene rings is 2. The lowest BCUT2D eigenvalue weighted by atomic mass is 9.95. The molecule has 5 rings (SSSR count). The molecule has 4 aromatic rings. The minimum Gasteiger partial charge on any atom is -0.402 e. The number of aliphatic imine (C=N–C) groups is 1. The van der Waals surface area contributed by atoms with Gasteiger partial charge >= 0.3 is 0 Å². The number of hydrogen-bond acceptors (Lipinski definition) is 6. The molecule has 42 heavy (non-hydrogen) atoms. The Kier molecular flexibility index (Phi) is 8.47. The van der Waals surface area contributed by atoms with Gasteiger partial charge < -0.3 is 25.8 Å². The van der Waals surface area contributed by atoms with E-state index in [0.29, 0.717) is 33.2 Å². The molecule has 1 aliphatic rings. The van der Waals surface area contributed by atoms with E-state index in [1.807, 2.05) is 32.0 Å². The minimum absolute atomic E-state index is 0.275. The van der Waals surface area contributed by atoms with E-state index in [2.05, 4.69) is 63.0 Å². The molecule has 1 fully saturated rings. The first-order valence-corrected chi connectivity index (χ1v) is 14.3. The molecule has 1 saturated heterocycles. The van der Waals surface area contributed by atoms with E-state index in [-0.39, 0.29) is 5.91 Å². The molecular formula is C33H36ClN7O. The van der Waals surface area contributed by atoms with Crippen molar-refractivity contribution < 1.29 is 4.79 Å². The van der Waals surface area contributed by atoms with Gasteiger partial charge in [-0.1, -0.05) is 42.4 Å². The third kappa shape index (κ3) is 5.68. The van der Waals surface area contributed by atoms with Gasteiger partial charge in [0.1, 0.15) is 5.65 Å². The molecule has 8 nitrogen and oxygen atoms in total. The maximum absolute atomic E-state index is 12.2. The number of halogens is 1. The minimum atomic E-state index is -0.275. The molecule has 1 aliphatic heterocycles. The van der Waals surface area contributed by atoms with Crippen molar-refractivity contribution in [2.24, 2.45) is 10.7 Å². The van der Waals surface area contributed by atoms with Crippen molar-refractivity contribution in [2.45, 2.75) is 13.8 Å². The fourth-order valence-corrected chi connectivity index (χ4v) is 5.66. The molecular weight excluding hydrogens is 546 g/mol. The van der Waals surface area contributed by atoms with Crippen LogP contribution in [-0.4, -0.2) is 67.3 Å². The number of aryl methyl sites for hydroxylation is 1. The van der Waals surface area contributed by atoms with E-state index < -0.39 is 0 Å². The van der Waals surface area contributed by atoms with Gasteiger partial charge in [0, 0.05) is 84.8 Å². The topological polar surface area (TPSA) is 103 Å². The number of piperazine rings is 1. The summed E-state index contributed by atoms with van der Waals surface area (Å²) in [5, 5.41) is 4.21. The third-order valence-corrected chi connectivity index (χ3v) is 8.12. The molecule has 9 heteroatoms. The van der Waals surface area contributed by atoms with Crippen molar-refractivity contribution in [3.05, 3.63) is 83.2 Å². The highest BCUT2D eigenvalue weighted by Gasteiger charge is 2.23. The summed E-state index contributed by atoms with van der Waals surface area (Å²) in [6.45, 7) is 11.4. The van der Waals surface area contributed by atoms with Crippen molar-refractivity contribution in [1.82, 2.24) is 14.9 Å². The number of hydrogen-bond donors (Lipinski definition) is 3. The van der Waals surface area contributed by atoms with E-state index >= 15 is 0 Å². The Hall–Kier alpha value is -4.40. The van der Waals surface area contributed by atoms with E-state index in [1.54, 1.807) is 19.5 Å². The summed E-state index contributed by atoms with van der Waals surface area (Å²) in [6, 6.07) is 14.6. The van der Waals surface area contributed by atoms with Crippen LogP contribution in [0.5, 0.6) is 0 Å². The second kappa shape index (κ2) is 12.2.